The van der Waals surface area contributed by atoms with Crippen molar-refractivity contribution in [3.05, 3.63) is 22.4 Å². The maximum absolute atomic E-state index is 12.8. The van der Waals surface area contributed by atoms with Gasteiger partial charge >= 0.3 is 0 Å². The van der Waals surface area contributed by atoms with Crippen LogP contribution < -0.4 is 0 Å². The first-order valence-electron chi connectivity index (χ1n) is 8.47. The third kappa shape index (κ3) is 2.78. The SMILES string of the molecule is O=C([C@H]1C[C@H]2OCC[C@H]2N(C(=O)c2ccsc2)C1)N1CCCC1. The smallest absolute Gasteiger partial charge is 0.255 e. The number of fused-ring (bicyclic) bond motifs is 1. The van der Waals surface area contributed by atoms with Gasteiger partial charge in [-0.15, -0.1) is 0 Å². The van der Waals surface area contributed by atoms with Gasteiger partial charge < -0.3 is 14.5 Å². The second-order valence-corrected chi connectivity index (χ2v) is 7.48. The van der Waals surface area contributed by atoms with Gasteiger partial charge in [-0.1, -0.05) is 0 Å². The van der Waals surface area contributed by atoms with Crippen molar-refractivity contribution < 1.29 is 14.3 Å². The number of thiophene rings is 1. The minimum atomic E-state index is -0.116. The zero-order valence-corrected chi connectivity index (χ0v) is 14.0. The van der Waals surface area contributed by atoms with Crippen LogP contribution in [0.5, 0.6) is 0 Å². The van der Waals surface area contributed by atoms with Crippen molar-refractivity contribution in [1.82, 2.24) is 9.80 Å². The average Bonchev–Trinajstić information content (AvgIpc) is 3.34. The highest BCUT2D eigenvalue weighted by Crippen LogP contribution is 2.33. The summed E-state index contributed by atoms with van der Waals surface area (Å²) in [4.78, 5) is 29.5. The van der Waals surface area contributed by atoms with Crippen LogP contribution in [0.4, 0.5) is 0 Å². The van der Waals surface area contributed by atoms with Crippen LogP contribution in [0.25, 0.3) is 0 Å². The number of likely N-dealkylation sites (tertiary alicyclic amines) is 2. The van der Waals surface area contributed by atoms with E-state index in [0.717, 1.165) is 44.3 Å². The largest absolute Gasteiger partial charge is 0.376 e. The molecule has 4 rings (SSSR count). The van der Waals surface area contributed by atoms with Gasteiger partial charge in [-0.3, -0.25) is 9.59 Å². The fourth-order valence-electron chi connectivity index (χ4n) is 4.11. The van der Waals surface area contributed by atoms with E-state index < -0.39 is 0 Å². The van der Waals surface area contributed by atoms with Gasteiger partial charge in [0, 0.05) is 31.6 Å². The Morgan fingerprint density at radius 2 is 2.09 bits per heavy atom. The molecule has 0 radical (unpaired) electrons. The average molecular weight is 334 g/mol. The molecular weight excluding hydrogens is 312 g/mol. The Kier molecular flexibility index (Phi) is 4.11. The quantitative estimate of drug-likeness (QED) is 0.831. The van der Waals surface area contributed by atoms with Crippen molar-refractivity contribution in [2.45, 2.75) is 37.8 Å². The normalized spacial score (nSPS) is 30.5. The number of nitrogens with zero attached hydrogens (tertiary/aromatic N) is 2. The van der Waals surface area contributed by atoms with Crippen molar-refractivity contribution in [2.75, 3.05) is 26.2 Å². The van der Waals surface area contributed by atoms with Crippen LogP contribution in [0, 0.1) is 5.92 Å². The number of ether oxygens (including phenoxy) is 1. The van der Waals surface area contributed by atoms with Crippen LogP contribution in [0.15, 0.2) is 16.8 Å². The molecule has 4 heterocycles. The van der Waals surface area contributed by atoms with Gasteiger partial charge in [0.15, 0.2) is 0 Å². The van der Waals surface area contributed by atoms with E-state index in [-0.39, 0.29) is 29.9 Å². The minimum Gasteiger partial charge on any atom is -0.376 e. The van der Waals surface area contributed by atoms with Gasteiger partial charge in [0.05, 0.1) is 23.6 Å². The second-order valence-electron chi connectivity index (χ2n) is 6.70. The highest BCUT2D eigenvalue weighted by atomic mass is 32.1. The predicted molar refractivity (Wildman–Crippen MR) is 87.4 cm³/mol. The van der Waals surface area contributed by atoms with E-state index in [0.29, 0.717) is 13.2 Å². The summed E-state index contributed by atoms with van der Waals surface area (Å²) >= 11 is 1.53. The molecule has 2 amide bonds. The molecule has 0 spiro atoms. The van der Waals surface area contributed by atoms with E-state index in [4.69, 9.17) is 4.74 Å². The van der Waals surface area contributed by atoms with Crippen molar-refractivity contribution in [1.29, 1.82) is 0 Å². The molecule has 3 atom stereocenters. The number of piperidine rings is 1. The Bertz CT molecular complexity index is 583. The van der Waals surface area contributed by atoms with Crippen LogP contribution in [0.1, 0.15) is 36.0 Å². The molecule has 5 nitrogen and oxygen atoms in total. The van der Waals surface area contributed by atoms with Gasteiger partial charge in [-0.25, -0.2) is 0 Å². The molecule has 6 heteroatoms. The summed E-state index contributed by atoms with van der Waals surface area (Å²) in [5, 5.41) is 3.81. The number of amides is 2. The number of carbonyl (C=O) groups is 2. The fourth-order valence-corrected chi connectivity index (χ4v) is 4.74. The summed E-state index contributed by atoms with van der Waals surface area (Å²) in [5.41, 5.74) is 0.731. The molecular formula is C17H22N2O3S. The van der Waals surface area contributed by atoms with Gasteiger partial charge in [0.2, 0.25) is 5.91 Å². The first kappa shape index (κ1) is 15.1. The molecule has 0 unspecified atom stereocenters. The molecule has 124 valence electrons. The molecule has 0 saturated carbocycles. The highest BCUT2D eigenvalue weighted by molar-refractivity contribution is 7.08. The van der Waals surface area contributed by atoms with Crippen LogP contribution in [0.2, 0.25) is 0 Å². The van der Waals surface area contributed by atoms with E-state index in [1.165, 1.54) is 11.3 Å². The maximum Gasteiger partial charge on any atom is 0.255 e. The molecule has 3 fully saturated rings. The standard InChI is InChI=1S/C17H22N2O3S/c20-16(18-5-1-2-6-18)13-9-15-14(3-7-22-15)19(10-13)17(21)12-4-8-23-11-12/h4,8,11,13-15H,1-3,5-7,9-10H2/t13-,14+,15+/m0/s1. The van der Waals surface area contributed by atoms with Gasteiger partial charge in [-0.05, 0) is 37.1 Å². The second kappa shape index (κ2) is 6.24. The third-order valence-electron chi connectivity index (χ3n) is 5.30. The monoisotopic (exact) mass is 334 g/mol. The number of rotatable bonds is 2. The van der Waals surface area contributed by atoms with Crippen LogP contribution >= 0.6 is 11.3 Å². The fraction of sp³-hybridized carbons (Fsp3) is 0.647. The first-order chi connectivity index (χ1) is 11.2. The van der Waals surface area contributed by atoms with Crippen molar-refractivity contribution in [3.63, 3.8) is 0 Å². The molecule has 0 N–H and O–H groups in total. The third-order valence-corrected chi connectivity index (χ3v) is 5.99. The van der Waals surface area contributed by atoms with E-state index in [9.17, 15) is 9.59 Å². The van der Waals surface area contributed by atoms with E-state index in [1.54, 1.807) is 0 Å². The Labute approximate surface area is 140 Å². The summed E-state index contributed by atoms with van der Waals surface area (Å²) in [5.74, 6) is 0.139. The zero-order valence-electron chi connectivity index (χ0n) is 13.1. The van der Waals surface area contributed by atoms with Crippen LogP contribution in [-0.2, 0) is 9.53 Å². The molecule has 3 aliphatic rings. The molecule has 0 bridgehead atoms. The van der Waals surface area contributed by atoms with Crippen LogP contribution in [-0.4, -0.2) is 60.0 Å². The Morgan fingerprint density at radius 3 is 2.83 bits per heavy atom. The molecule has 3 saturated heterocycles. The van der Waals surface area contributed by atoms with Crippen molar-refractivity contribution in [3.8, 4) is 0 Å². The van der Waals surface area contributed by atoms with Gasteiger partial charge in [-0.2, -0.15) is 11.3 Å². The highest BCUT2D eigenvalue weighted by Gasteiger charge is 2.45. The summed E-state index contributed by atoms with van der Waals surface area (Å²) in [6.45, 7) is 2.95. The molecule has 1 aromatic rings. The molecule has 23 heavy (non-hydrogen) atoms. The lowest BCUT2D eigenvalue weighted by Gasteiger charge is -2.41. The Balaban J connectivity index is 1.54. The maximum atomic E-state index is 12.8. The summed E-state index contributed by atoms with van der Waals surface area (Å²) in [6, 6.07) is 1.99. The lowest BCUT2D eigenvalue weighted by molar-refractivity contribution is -0.138. The van der Waals surface area contributed by atoms with Gasteiger partial charge in [0.25, 0.3) is 5.91 Å². The topological polar surface area (TPSA) is 49.9 Å². The Morgan fingerprint density at radius 1 is 1.26 bits per heavy atom. The number of hydrogen-bond acceptors (Lipinski definition) is 4. The lowest BCUT2D eigenvalue weighted by atomic mass is 9.88. The number of hydrogen-bond donors (Lipinski definition) is 0. The molecule has 0 aromatic carbocycles. The van der Waals surface area contributed by atoms with E-state index in [2.05, 4.69) is 0 Å². The lowest BCUT2D eigenvalue weighted by Crippen LogP contribution is -2.55. The molecule has 0 aliphatic carbocycles. The molecule has 3 aliphatic heterocycles. The summed E-state index contributed by atoms with van der Waals surface area (Å²) in [7, 11) is 0. The summed E-state index contributed by atoms with van der Waals surface area (Å²) in [6.07, 6.45) is 3.85. The van der Waals surface area contributed by atoms with E-state index in [1.807, 2.05) is 26.6 Å². The van der Waals surface area contributed by atoms with Crippen molar-refractivity contribution >= 4 is 23.2 Å². The predicted octanol–water partition coefficient (Wildman–Crippen LogP) is 1.99. The van der Waals surface area contributed by atoms with Gasteiger partial charge in [0.1, 0.15) is 0 Å². The number of carbonyl (C=O) groups excluding carboxylic acids is 2. The summed E-state index contributed by atoms with van der Waals surface area (Å²) < 4.78 is 5.84. The molecule has 1 aromatic heterocycles. The first-order valence-corrected chi connectivity index (χ1v) is 9.42. The van der Waals surface area contributed by atoms with Crippen LogP contribution in [0.3, 0.4) is 0 Å². The van der Waals surface area contributed by atoms with Crippen molar-refractivity contribution in [2.24, 2.45) is 5.92 Å². The Hall–Kier alpha value is -1.40. The minimum absolute atomic E-state index is 0.0166. The zero-order chi connectivity index (χ0) is 15.8. The van der Waals surface area contributed by atoms with E-state index >= 15 is 0 Å².